The third-order valence-electron chi connectivity index (χ3n) is 5.42. The van der Waals surface area contributed by atoms with Gasteiger partial charge in [-0.15, -0.1) is 0 Å². The van der Waals surface area contributed by atoms with E-state index in [0.29, 0.717) is 11.3 Å². The van der Waals surface area contributed by atoms with Crippen LogP contribution in [0.4, 0.5) is 10.5 Å². The summed E-state index contributed by atoms with van der Waals surface area (Å²) < 4.78 is 0. The molecule has 3 aromatic carbocycles. The number of hydrogen-bond donors (Lipinski definition) is 3. The molecule has 0 radical (unpaired) electrons. The molecule has 32 heavy (non-hydrogen) atoms. The lowest BCUT2D eigenvalue weighted by Crippen LogP contribution is -2.42. The molecule has 1 unspecified atom stereocenters. The zero-order valence-corrected chi connectivity index (χ0v) is 17.8. The van der Waals surface area contributed by atoms with Gasteiger partial charge in [-0.3, -0.25) is 19.3 Å². The van der Waals surface area contributed by atoms with Gasteiger partial charge < -0.3 is 16.4 Å². The van der Waals surface area contributed by atoms with Crippen molar-refractivity contribution in [2.24, 2.45) is 5.73 Å². The van der Waals surface area contributed by atoms with Gasteiger partial charge in [0.2, 0.25) is 11.8 Å². The number of carbonyl (C=O) groups is 4. The van der Waals surface area contributed by atoms with E-state index in [4.69, 9.17) is 17.3 Å². The molecule has 4 N–H and O–H groups in total. The molecule has 0 aromatic heterocycles. The average Bonchev–Trinajstić information content (AvgIpc) is 2.97. The van der Waals surface area contributed by atoms with E-state index in [-0.39, 0.29) is 10.6 Å². The van der Waals surface area contributed by atoms with Crippen LogP contribution in [0.15, 0.2) is 60.7 Å². The van der Waals surface area contributed by atoms with E-state index >= 15 is 0 Å². The fourth-order valence-electron chi connectivity index (χ4n) is 3.67. The number of fused-ring (bicyclic) bond motifs is 1. The lowest BCUT2D eigenvalue weighted by atomic mass is 9.90. The maximum atomic E-state index is 13.1. The minimum absolute atomic E-state index is 0.0779. The first-order valence-electron chi connectivity index (χ1n) is 9.71. The van der Waals surface area contributed by atoms with Gasteiger partial charge in [0.05, 0.1) is 10.6 Å². The minimum atomic E-state index is -1.30. The predicted molar refractivity (Wildman–Crippen MR) is 120 cm³/mol. The number of amides is 5. The predicted octanol–water partition coefficient (Wildman–Crippen LogP) is 3.00. The van der Waals surface area contributed by atoms with Gasteiger partial charge in [0.25, 0.3) is 5.91 Å². The summed E-state index contributed by atoms with van der Waals surface area (Å²) >= 11 is 5.99. The Labute approximate surface area is 188 Å². The van der Waals surface area contributed by atoms with Crippen molar-refractivity contribution >= 4 is 51.8 Å². The first-order chi connectivity index (χ1) is 15.2. The lowest BCUT2D eigenvalue weighted by molar-refractivity contribution is -0.133. The highest BCUT2D eigenvalue weighted by atomic mass is 35.5. The molecule has 1 heterocycles. The van der Waals surface area contributed by atoms with Crippen molar-refractivity contribution in [3.8, 4) is 0 Å². The number of carbonyl (C=O) groups excluding carboxylic acids is 4. The number of primary amides is 1. The number of nitrogens with two attached hydrogens (primary N) is 1. The molecular weight excluding hydrogens is 432 g/mol. The van der Waals surface area contributed by atoms with Gasteiger partial charge in [-0.1, -0.05) is 48.0 Å². The van der Waals surface area contributed by atoms with Gasteiger partial charge in [0.1, 0.15) is 12.1 Å². The topological polar surface area (TPSA) is 122 Å². The molecule has 1 saturated heterocycles. The highest BCUT2D eigenvalue weighted by molar-refractivity contribution is 6.34. The molecule has 1 aliphatic rings. The Balaban J connectivity index is 1.51. The first-order valence-corrected chi connectivity index (χ1v) is 10.1. The van der Waals surface area contributed by atoms with Crippen LogP contribution in [0.5, 0.6) is 0 Å². The van der Waals surface area contributed by atoms with Crippen LogP contribution in [-0.2, 0) is 15.1 Å². The average molecular weight is 451 g/mol. The standard InChI is InChI=1S/C23H19ClN4O4/c1-23(15-7-6-13-4-2-3-5-14(13)10-15)21(31)28(22(32)27-23)12-19(29)26-16-8-9-17(20(25)30)18(24)11-16/h2-11H,12H2,1H3,(H2,25,30)(H,26,29)(H,27,32). The fraction of sp³-hybridized carbons (Fsp3) is 0.130. The number of anilines is 1. The maximum Gasteiger partial charge on any atom is 0.325 e. The summed E-state index contributed by atoms with van der Waals surface area (Å²) in [5.74, 6) is -1.82. The quantitative estimate of drug-likeness (QED) is 0.517. The van der Waals surface area contributed by atoms with Gasteiger partial charge in [-0.05, 0) is 47.5 Å². The molecule has 5 amide bonds. The molecule has 1 atom stereocenters. The summed E-state index contributed by atoms with van der Waals surface area (Å²) in [6, 6.07) is 16.7. The zero-order chi connectivity index (χ0) is 23.0. The molecule has 8 nitrogen and oxygen atoms in total. The lowest BCUT2D eigenvalue weighted by Gasteiger charge is -2.22. The van der Waals surface area contributed by atoms with Crippen LogP contribution < -0.4 is 16.4 Å². The molecular formula is C23H19ClN4O4. The third kappa shape index (κ3) is 3.76. The monoisotopic (exact) mass is 450 g/mol. The van der Waals surface area contributed by atoms with Crippen molar-refractivity contribution in [2.45, 2.75) is 12.5 Å². The number of halogens is 1. The summed E-state index contributed by atoms with van der Waals surface area (Å²) in [5.41, 5.74) is 4.95. The Hall–Kier alpha value is -3.91. The molecule has 4 rings (SSSR count). The van der Waals surface area contributed by atoms with E-state index in [1.807, 2.05) is 36.4 Å². The van der Waals surface area contributed by atoms with E-state index in [1.165, 1.54) is 18.2 Å². The van der Waals surface area contributed by atoms with E-state index in [9.17, 15) is 19.2 Å². The van der Waals surface area contributed by atoms with Gasteiger partial charge >= 0.3 is 6.03 Å². The van der Waals surface area contributed by atoms with Gasteiger partial charge in [-0.2, -0.15) is 0 Å². The van der Waals surface area contributed by atoms with Crippen LogP contribution in [-0.4, -0.2) is 35.2 Å². The highest BCUT2D eigenvalue weighted by Gasteiger charge is 2.49. The van der Waals surface area contributed by atoms with Crippen molar-refractivity contribution < 1.29 is 19.2 Å². The third-order valence-corrected chi connectivity index (χ3v) is 5.73. The summed E-state index contributed by atoms with van der Waals surface area (Å²) in [7, 11) is 0. The van der Waals surface area contributed by atoms with Crippen molar-refractivity contribution in [3.63, 3.8) is 0 Å². The zero-order valence-electron chi connectivity index (χ0n) is 17.0. The second-order valence-electron chi connectivity index (χ2n) is 7.62. The van der Waals surface area contributed by atoms with Crippen LogP contribution >= 0.6 is 11.6 Å². The number of nitrogens with zero attached hydrogens (tertiary/aromatic N) is 1. The van der Waals surface area contributed by atoms with Gasteiger partial charge in [0, 0.05) is 5.69 Å². The van der Waals surface area contributed by atoms with E-state index in [2.05, 4.69) is 10.6 Å². The summed E-state index contributed by atoms with van der Waals surface area (Å²) in [6.07, 6.45) is 0. The second kappa shape index (κ2) is 7.97. The Kier molecular flexibility index (Phi) is 5.31. The molecule has 0 saturated carbocycles. The van der Waals surface area contributed by atoms with Gasteiger partial charge in [0.15, 0.2) is 0 Å². The fourth-order valence-corrected chi connectivity index (χ4v) is 3.95. The largest absolute Gasteiger partial charge is 0.366 e. The van der Waals surface area contributed by atoms with E-state index < -0.39 is 35.8 Å². The van der Waals surface area contributed by atoms with Crippen molar-refractivity contribution in [1.29, 1.82) is 0 Å². The Morgan fingerprint density at radius 3 is 2.47 bits per heavy atom. The molecule has 1 fully saturated rings. The molecule has 9 heteroatoms. The molecule has 1 aliphatic heterocycles. The Morgan fingerprint density at radius 2 is 1.78 bits per heavy atom. The van der Waals surface area contributed by atoms with Crippen LogP contribution in [0.25, 0.3) is 10.8 Å². The van der Waals surface area contributed by atoms with E-state index in [0.717, 1.165) is 15.7 Å². The molecule has 0 bridgehead atoms. The van der Waals surface area contributed by atoms with Crippen LogP contribution in [0.3, 0.4) is 0 Å². The van der Waals surface area contributed by atoms with Crippen LogP contribution in [0, 0.1) is 0 Å². The molecule has 3 aromatic rings. The van der Waals surface area contributed by atoms with Crippen molar-refractivity contribution in [2.75, 3.05) is 11.9 Å². The normalized spacial score (nSPS) is 18.0. The number of rotatable bonds is 5. The van der Waals surface area contributed by atoms with Crippen LogP contribution in [0.1, 0.15) is 22.8 Å². The highest BCUT2D eigenvalue weighted by Crippen LogP contribution is 2.31. The number of hydrogen-bond acceptors (Lipinski definition) is 4. The van der Waals surface area contributed by atoms with Crippen LogP contribution in [0.2, 0.25) is 5.02 Å². The van der Waals surface area contributed by atoms with E-state index in [1.54, 1.807) is 13.0 Å². The number of nitrogens with one attached hydrogen (secondary N) is 2. The summed E-state index contributed by atoms with van der Waals surface area (Å²) in [5, 5.41) is 7.27. The summed E-state index contributed by atoms with van der Waals surface area (Å²) in [4.78, 5) is 50.3. The maximum absolute atomic E-state index is 13.1. The Bertz CT molecular complexity index is 1290. The number of imide groups is 1. The first kappa shape index (κ1) is 21.3. The molecule has 0 aliphatic carbocycles. The Morgan fingerprint density at radius 1 is 1.06 bits per heavy atom. The minimum Gasteiger partial charge on any atom is -0.366 e. The number of urea groups is 1. The van der Waals surface area contributed by atoms with Gasteiger partial charge in [-0.25, -0.2) is 4.79 Å². The SMILES string of the molecule is CC1(c2ccc3ccccc3c2)NC(=O)N(CC(=O)Nc2ccc(C(N)=O)c(Cl)c2)C1=O. The van der Waals surface area contributed by atoms with Crippen molar-refractivity contribution in [3.05, 3.63) is 76.8 Å². The van der Waals surface area contributed by atoms with Crippen molar-refractivity contribution in [1.82, 2.24) is 10.2 Å². The second-order valence-corrected chi connectivity index (χ2v) is 8.02. The molecule has 162 valence electrons. The molecule has 0 spiro atoms. The summed E-state index contributed by atoms with van der Waals surface area (Å²) in [6.45, 7) is 1.13. The number of benzene rings is 3. The smallest absolute Gasteiger partial charge is 0.325 e.